The highest BCUT2D eigenvalue weighted by Crippen LogP contribution is 2.11. The van der Waals surface area contributed by atoms with Gasteiger partial charge in [-0.15, -0.1) is 11.3 Å². The molecule has 0 aliphatic heterocycles. The molecule has 5 heteroatoms. The van der Waals surface area contributed by atoms with Crippen molar-refractivity contribution in [3.63, 3.8) is 0 Å². The van der Waals surface area contributed by atoms with E-state index in [1.54, 1.807) is 19.4 Å². The summed E-state index contributed by atoms with van der Waals surface area (Å²) in [6.45, 7) is 3.40. The van der Waals surface area contributed by atoms with Gasteiger partial charge >= 0.3 is 0 Å². The van der Waals surface area contributed by atoms with E-state index in [1.165, 1.54) is 11.3 Å². The molecule has 1 heterocycles. The normalized spacial score (nSPS) is 11.8. The number of amides is 1. The molecule has 0 aliphatic carbocycles. The molecule has 1 aromatic heterocycles. The van der Waals surface area contributed by atoms with Gasteiger partial charge in [-0.3, -0.25) is 4.79 Å². The summed E-state index contributed by atoms with van der Waals surface area (Å²) in [7, 11) is 0. The number of hydrogen-bond donors (Lipinski definition) is 1. The Labute approximate surface area is 80.2 Å². The lowest BCUT2D eigenvalue weighted by atomic mass is 10.3. The lowest BCUT2D eigenvalue weighted by Gasteiger charge is -2.03. The zero-order chi connectivity index (χ0) is 9.84. The molecule has 1 rings (SSSR count). The predicted molar refractivity (Wildman–Crippen MR) is 49.4 cm³/mol. The Morgan fingerprint density at radius 3 is 3.00 bits per heavy atom. The van der Waals surface area contributed by atoms with E-state index in [-0.39, 0.29) is 5.91 Å². The van der Waals surface area contributed by atoms with Gasteiger partial charge < -0.3 is 5.32 Å². The van der Waals surface area contributed by atoms with E-state index in [0.29, 0.717) is 10.6 Å². The first kappa shape index (κ1) is 9.68. The SMILES string of the molecule is Cc1ncsc1C(=O)NC(C)C#N. The van der Waals surface area contributed by atoms with Gasteiger partial charge in [-0.2, -0.15) is 5.26 Å². The summed E-state index contributed by atoms with van der Waals surface area (Å²) in [4.78, 5) is 15.9. The van der Waals surface area contributed by atoms with Gasteiger partial charge in [-0.05, 0) is 13.8 Å². The van der Waals surface area contributed by atoms with Crippen molar-refractivity contribution in [2.24, 2.45) is 0 Å². The molecule has 0 radical (unpaired) electrons. The van der Waals surface area contributed by atoms with E-state index in [9.17, 15) is 4.79 Å². The Balaban J connectivity index is 2.71. The molecule has 1 atom stereocenters. The predicted octanol–water partition coefficient (Wildman–Crippen LogP) is 1.09. The van der Waals surface area contributed by atoms with Gasteiger partial charge in [-0.1, -0.05) is 0 Å². The van der Waals surface area contributed by atoms with Crippen molar-refractivity contribution in [3.05, 3.63) is 16.1 Å². The summed E-state index contributed by atoms with van der Waals surface area (Å²) >= 11 is 1.28. The van der Waals surface area contributed by atoms with Gasteiger partial charge in [0.1, 0.15) is 10.9 Å². The molecule has 0 aromatic carbocycles. The third kappa shape index (κ3) is 2.26. The van der Waals surface area contributed by atoms with Gasteiger partial charge in [-0.25, -0.2) is 4.98 Å². The molecule has 1 N–H and O–H groups in total. The fraction of sp³-hybridized carbons (Fsp3) is 0.375. The van der Waals surface area contributed by atoms with Crippen molar-refractivity contribution in [3.8, 4) is 6.07 Å². The van der Waals surface area contributed by atoms with E-state index >= 15 is 0 Å². The number of thiazole rings is 1. The molecular formula is C8H9N3OS. The molecule has 0 saturated heterocycles. The van der Waals surface area contributed by atoms with Crippen LogP contribution < -0.4 is 5.32 Å². The molecule has 0 saturated carbocycles. The second-order valence-electron chi connectivity index (χ2n) is 2.59. The molecular weight excluding hydrogens is 186 g/mol. The first-order valence-corrected chi connectivity index (χ1v) is 4.63. The average molecular weight is 195 g/mol. The Bertz CT molecular complexity index is 353. The van der Waals surface area contributed by atoms with E-state index in [1.807, 2.05) is 6.07 Å². The molecule has 1 amide bonds. The maximum absolute atomic E-state index is 11.4. The minimum atomic E-state index is -0.464. The Morgan fingerprint density at radius 2 is 2.54 bits per heavy atom. The number of nitrogens with one attached hydrogen (secondary N) is 1. The van der Waals surface area contributed by atoms with Gasteiger partial charge in [0.25, 0.3) is 5.91 Å². The number of carbonyl (C=O) groups excluding carboxylic acids is 1. The Hall–Kier alpha value is -1.41. The molecule has 0 fully saturated rings. The fourth-order valence-corrected chi connectivity index (χ4v) is 1.52. The summed E-state index contributed by atoms with van der Waals surface area (Å²) in [6, 6.07) is 1.47. The van der Waals surface area contributed by atoms with Crippen molar-refractivity contribution in [2.75, 3.05) is 0 Å². The molecule has 4 nitrogen and oxygen atoms in total. The molecule has 0 bridgehead atoms. The molecule has 0 spiro atoms. The van der Waals surface area contributed by atoms with Crippen LogP contribution in [0.5, 0.6) is 0 Å². The summed E-state index contributed by atoms with van der Waals surface area (Å²) in [5, 5.41) is 11.0. The maximum Gasteiger partial charge on any atom is 0.264 e. The molecule has 13 heavy (non-hydrogen) atoms. The summed E-state index contributed by atoms with van der Waals surface area (Å²) in [5.41, 5.74) is 2.31. The number of aromatic nitrogens is 1. The van der Waals surface area contributed by atoms with Gasteiger partial charge in [0, 0.05) is 0 Å². The summed E-state index contributed by atoms with van der Waals surface area (Å²) in [6.07, 6.45) is 0. The van der Waals surface area contributed by atoms with Crippen LogP contribution in [0.3, 0.4) is 0 Å². The van der Waals surface area contributed by atoms with Crippen molar-refractivity contribution in [2.45, 2.75) is 19.9 Å². The van der Waals surface area contributed by atoms with Crippen molar-refractivity contribution in [1.82, 2.24) is 10.3 Å². The fourth-order valence-electron chi connectivity index (χ4n) is 0.814. The molecule has 68 valence electrons. The first-order valence-electron chi connectivity index (χ1n) is 3.75. The third-order valence-corrected chi connectivity index (χ3v) is 2.42. The lowest BCUT2D eigenvalue weighted by Crippen LogP contribution is -2.31. The largest absolute Gasteiger partial charge is 0.336 e. The number of carbonyl (C=O) groups is 1. The van der Waals surface area contributed by atoms with Gasteiger partial charge in [0.15, 0.2) is 0 Å². The van der Waals surface area contributed by atoms with Crippen LogP contribution >= 0.6 is 11.3 Å². The van der Waals surface area contributed by atoms with Crippen LogP contribution in [-0.4, -0.2) is 16.9 Å². The Morgan fingerprint density at radius 1 is 1.85 bits per heavy atom. The monoisotopic (exact) mass is 195 g/mol. The third-order valence-electron chi connectivity index (χ3n) is 1.49. The molecule has 1 aromatic rings. The van der Waals surface area contributed by atoms with Crippen LogP contribution in [0.4, 0.5) is 0 Å². The van der Waals surface area contributed by atoms with Crippen LogP contribution in [0.2, 0.25) is 0 Å². The topological polar surface area (TPSA) is 65.8 Å². The number of rotatable bonds is 2. The van der Waals surface area contributed by atoms with E-state index in [2.05, 4.69) is 10.3 Å². The highest BCUT2D eigenvalue weighted by molar-refractivity contribution is 7.11. The van der Waals surface area contributed by atoms with Crippen molar-refractivity contribution >= 4 is 17.2 Å². The average Bonchev–Trinajstić information content (AvgIpc) is 2.51. The van der Waals surface area contributed by atoms with E-state index in [4.69, 9.17) is 5.26 Å². The zero-order valence-electron chi connectivity index (χ0n) is 7.37. The number of nitrogens with zero attached hydrogens (tertiary/aromatic N) is 2. The van der Waals surface area contributed by atoms with Crippen LogP contribution in [0.25, 0.3) is 0 Å². The molecule has 0 aliphatic rings. The van der Waals surface area contributed by atoms with Crippen LogP contribution in [0.1, 0.15) is 22.3 Å². The number of aryl methyl sites for hydroxylation is 1. The van der Waals surface area contributed by atoms with Crippen LogP contribution in [0, 0.1) is 18.3 Å². The zero-order valence-corrected chi connectivity index (χ0v) is 8.18. The van der Waals surface area contributed by atoms with Crippen LogP contribution in [0.15, 0.2) is 5.51 Å². The second-order valence-corrected chi connectivity index (χ2v) is 3.45. The maximum atomic E-state index is 11.4. The highest BCUT2D eigenvalue weighted by Gasteiger charge is 2.13. The minimum Gasteiger partial charge on any atom is -0.336 e. The van der Waals surface area contributed by atoms with Gasteiger partial charge in [0.05, 0.1) is 17.3 Å². The second kappa shape index (κ2) is 4.01. The number of nitriles is 1. The first-order chi connectivity index (χ1) is 6.15. The van der Waals surface area contributed by atoms with Crippen molar-refractivity contribution in [1.29, 1.82) is 5.26 Å². The quantitative estimate of drug-likeness (QED) is 0.768. The van der Waals surface area contributed by atoms with E-state index in [0.717, 1.165) is 0 Å². The van der Waals surface area contributed by atoms with Crippen LogP contribution in [-0.2, 0) is 0 Å². The minimum absolute atomic E-state index is 0.228. The standard InChI is InChI=1S/C8H9N3OS/c1-5(3-9)11-8(12)7-6(2)10-4-13-7/h4-5H,1-2H3,(H,11,12). The molecule has 1 unspecified atom stereocenters. The number of hydrogen-bond acceptors (Lipinski definition) is 4. The lowest BCUT2D eigenvalue weighted by molar-refractivity contribution is 0.0951. The highest BCUT2D eigenvalue weighted by atomic mass is 32.1. The summed E-state index contributed by atoms with van der Waals surface area (Å²) in [5.74, 6) is -0.228. The smallest absolute Gasteiger partial charge is 0.264 e. The van der Waals surface area contributed by atoms with Gasteiger partial charge in [0.2, 0.25) is 0 Å². The summed E-state index contributed by atoms with van der Waals surface area (Å²) < 4.78 is 0. The van der Waals surface area contributed by atoms with Crippen molar-refractivity contribution < 1.29 is 4.79 Å². The Kier molecular flexibility index (Phi) is 2.98. The van der Waals surface area contributed by atoms with E-state index < -0.39 is 6.04 Å².